The molecule has 1 aromatic rings. The predicted molar refractivity (Wildman–Crippen MR) is 67.4 cm³/mol. The quantitative estimate of drug-likeness (QED) is 0.661. The molecule has 1 heterocycles. The molecule has 5 nitrogen and oxygen atoms in total. The normalized spacial score (nSPS) is 12.4. The van der Waals surface area contributed by atoms with Crippen molar-refractivity contribution in [2.24, 2.45) is 5.73 Å². The Bertz CT molecular complexity index is 310. The number of nitrogens with one attached hydrogen (secondary N) is 1. The molecule has 1 atom stereocenters. The molecule has 0 bridgehead atoms. The van der Waals surface area contributed by atoms with Crippen molar-refractivity contribution in [2.45, 2.75) is 45.2 Å². The van der Waals surface area contributed by atoms with E-state index in [1.165, 1.54) is 0 Å². The summed E-state index contributed by atoms with van der Waals surface area (Å²) in [6, 6.07) is 1.98. The maximum absolute atomic E-state index is 11.6. The summed E-state index contributed by atoms with van der Waals surface area (Å²) in [5.74, 6) is 0.113. The largest absolute Gasteiger partial charge is 0.352 e. The SMILES string of the molecule is CC(Cn1cccn1)NC(=O)CCCCCN. The maximum atomic E-state index is 11.6. The van der Waals surface area contributed by atoms with Crippen molar-refractivity contribution >= 4 is 5.91 Å². The number of nitrogens with two attached hydrogens (primary N) is 1. The topological polar surface area (TPSA) is 72.9 Å². The highest BCUT2D eigenvalue weighted by Crippen LogP contribution is 1.99. The molecule has 17 heavy (non-hydrogen) atoms. The lowest BCUT2D eigenvalue weighted by atomic mass is 10.2. The van der Waals surface area contributed by atoms with E-state index >= 15 is 0 Å². The van der Waals surface area contributed by atoms with E-state index in [9.17, 15) is 4.79 Å². The summed E-state index contributed by atoms with van der Waals surface area (Å²) >= 11 is 0. The molecule has 0 aromatic carbocycles. The van der Waals surface area contributed by atoms with Crippen LogP contribution in [-0.2, 0) is 11.3 Å². The van der Waals surface area contributed by atoms with Crippen LogP contribution in [0, 0.1) is 0 Å². The molecule has 1 aromatic heterocycles. The van der Waals surface area contributed by atoms with Gasteiger partial charge in [0.05, 0.1) is 6.54 Å². The zero-order valence-corrected chi connectivity index (χ0v) is 10.4. The average Bonchev–Trinajstić information content (AvgIpc) is 2.77. The third-order valence-electron chi connectivity index (χ3n) is 2.54. The molecule has 3 N–H and O–H groups in total. The van der Waals surface area contributed by atoms with Gasteiger partial charge in [-0.05, 0) is 32.4 Å². The molecule has 96 valence electrons. The molecule has 0 aliphatic carbocycles. The van der Waals surface area contributed by atoms with Gasteiger partial charge in [-0.3, -0.25) is 9.48 Å². The van der Waals surface area contributed by atoms with Gasteiger partial charge >= 0.3 is 0 Å². The lowest BCUT2D eigenvalue weighted by molar-refractivity contribution is -0.121. The monoisotopic (exact) mass is 238 g/mol. The molecule has 0 saturated heterocycles. The molecule has 0 aliphatic heterocycles. The Labute approximate surface area is 102 Å². The first kappa shape index (κ1) is 13.7. The smallest absolute Gasteiger partial charge is 0.220 e. The molecule has 1 unspecified atom stereocenters. The number of rotatable bonds is 8. The van der Waals surface area contributed by atoms with Crippen molar-refractivity contribution in [2.75, 3.05) is 6.54 Å². The second kappa shape index (κ2) is 7.84. The summed E-state index contributed by atoms with van der Waals surface area (Å²) in [5.41, 5.74) is 5.39. The Hall–Kier alpha value is -1.36. The Morgan fingerprint density at radius 2 is 2.29 bits per heavy atom. The number of carbonyl (C=O) groups excluding carboxylic acids is 1. The van der Waals surface area contributed by atoms with Gasteiger partial charge in [0.25, 0.3) is 0 Å². The van der Waals surface area contributed by atoms with Crippen LogP contribution in [0.1, 0.15) is 32.6 Å². The predicted octanol–water partition coefficient (Wildman–Crippen LogP) is 0.907. The Balaban J connectivity index is 2.13. The highest BCUT2D eigenvalue weighted by molar-refractivity contribution is 5.76. The summed E-state index contributed by atoms with van der Waals surface area (Å²) in [5, 5.41) is 7.07. The van der Waals surface area contributed by atoms with Gasteiger partial charge in [-0.15, -0.1) is 0 Å². The third kappa shape index (κ3) is 6.06. The van der Waals surface area contributed by atoms with E-state index < -0.39 is 0 Å². The molecule has 0 spiro atoms. The van der Waals surface area contributed by atoms with Crippen LogP contribution in [0.4, 0.5) is 0 Å². The van der Waals surface area contributed by atoms with E-state index in [0.717, 1.165) is 19.3 Å². The minimum atomic E-state index is 0.108. The summed E-state index contributed by atoms with van der Waals surface area (Å²) < 4.78 is 1.82. The van der Waals surface area contributed by atoms with E-state index in [2.05, 4.69) is 10.4 Å². The fourth-order valence-electron chi connectivity index (χ4n) is 1.69. The molecule has 0 saturated carbocycles. The molecule has 1 amide bonds. The van der Waals surface area contributed by atoms with Gasteiger partial charge in [0, 0.05) is 24.9 Å². The van der Waals surface area contributed by atoms with Crippen molar-refractivity contribution in [3.8, 4) is 0 Å². The van der Waals surface area contributed by atoms with Crippen molar-refractivity contribution in [3.05, 3.63) is 18.5 Å². The van der Waals surface area contributed by atoms with E-state index in [0.29, 0.717) is 19.5 Å². The zero-order chi connectivity index (χ0) is 12.5. The van der Waals surface area contributed by atoms with Crippen molar-refractivity contribution < 1.29 is 4.79 Å². The van der Waals surface area contributed by atoms with Gasteiger partial charge in [0.1, 0.15) is 0 Å². The fourth-order valence-corrected chi connectivity index (χ4v) is 1.69. The van der Waals surface area contributed by atoms with Gasteiger partial charge < -0.3 is 11.1 Å². The van der Waals surface area contributed by atoms with Crippen molar-refractivity contribution in [1.29, 1.82) is 0 Å². The van der Waals surface area contributed by atoms with Crippen LogP contribution < -0.4 is 11.1 Å². The van der Waals surface area contributed by atoms with E-state index in [4.69, 9.17) is 5.73 Å². The Morgan fingerprint density at radius 3 is 2.94 bits per heavy atom. The van der Waals surface area contributed by atoms with Gasteiger partial charge in [-0.25, -0.2) is 0 Å². The maximum Gasteiger partial charge on any atom is 0.220 e. The first-order chi connectivity index (χ1) is 8.22. The number of hydrogen-bond donors (Lipinski definition) is 2. The van der Waals surface area contributed by atoms with Crippen LogP contribution in [0.15, 0.2) is 18.5 Å². The number of aromatic nitrogens is 2. The first-order valence-corrected chi connectivity index (χ1v) is 6.19. The van der Waals surface area contributed by atoms with Crippen molar-refractivity contribution in [1.82, 2.24) is 15.1 Å². The summed E-state index contributed by atoms with van der Waals surface area (Å²) in [6.45, 7) is 3.40. The van der Waals surface area contributed by atoms with E-state index in [1.807, 2.05) is 23.9 Å². The summed E-state index contributed by atoms with van der Waals surface area (Å²) in [7, 11) is 0. The zero-order valence-electron chi connectivity index (χ0n) is 10.4. The standard InChI is InChI=1S/C12H22N4O/c1-11(10-16-9-5-8-14-16)15-12(17)6-3-2-4-7-13/h5,8-9,11H,2-4,6-7,10,13H2,1H3,(H,15,17). The van der Waals surface area contributed by atoms with Gasteiger partial charge in [-0.1, -0.05) is 6.42 Å². The molecule has 5 heteroatoms. The molecule has 1 rings (SSSR count). The molecule has 0 fully saturated rings. The van der Waals surface area contributed by atoms with Gasteiger partial charge in [0.15, 0.2) is 0 Å². The van der Waals surface area contributed by atoms with Crippen LogP contribution in [0.5, 0.6) is 0 Å². The number of amides is 1. The second-order valence-electron chi connectivity index (χ2n) is 4.30. The second-order valence-corrected chi connectivity index (χ2v) is 4.30. The number of carbonyl (C=O) groups is 1. The van der Waals surface area contributed by atoms with Crippen molar-refractivity contribution in [3.63, 3.8) is 0 Å². The van der Waals surface area contributed by atoms with Crippen LogP contribution in [0.25, 0.3) is 0 Å². The van der Waals surface area contributed by atoms with Crippen LogP contribution in [0.2, 0.25) is 0 Å². The number of unbranched alkanes of at least 4 members (excludes halogenated alkanes) is 2. The molecule has 0 aliphatic rings. The first-order valence-electron chi connectivity index (χ1n) is 6.19. The van der Waals surface area contributed by atoms with Gasteiger partial charge in [-0.2, -0.15) is 5.10 Å². The minimum Gasteiger partial charge on any atom is -0.352 e. The molecule has 0 radical (unpaired) electrons. The third-order valence-corrected chi connectivity index (χ3v) is 2.54. The molecular formula is C12H22N4O. The van der Waals surface area contributed by atoms with E-state index in [1.54, 1.807) is 6.20 Å². The lowest BCUT2D eigenvalue weighted by Gasteiger charge is -2.13. The average molecular weight is 238 g/mol. The highest BCUT2D eigenvalue weighted by Gasteiger charge is 2.07. The minimum absolute atomic E-state index is 0.108. The van der Waals surface area contributed by atoms with Gasteiger partial charge in [0.2, 0.25) is 5.91 Å². The number of hydrogen-bond acceptors (Lipinski definition) is 3. The summed E-state index contributed by atoms with van der Waals surface area (Å²) in [6.07, 6.45) is 7.15. The van der Waals surface area contributed by atoms with Crippen LogP contribution in [0.3, 0.4) is 0 Å². The summed E-state index contributed by atoms with van der Waals surface area (Å²) in [4.78, 5) is 11.6. The van der Waals surface area contributed by atoms with E-state index in [-0.39, 0.29) is 11.9 Å². The number of nitrogens with zero attached hydrogens (tertiary/aromatic N) is 2. The lowest BCUT2D eigenvalue weighted by Crippen LogP contribution is -2.35. The Morgan fingerprint density at radius 1 is 1.47 bits per heavy atom. The Kier molecular flexibility index (Phi) is 6.32. The molecular weight excluding hydrogens is 216 g/mol. The fraction of sp³-hybridized carbons (Fsp3) is 0.667. The van der Waals surface area contributed by atoms with Crippen LogP contribution in [-0.4, -0.2) is 28.3 Å². The van der Waals surface area contributed by atoms with Crippen LogP contribution >= 0.6 is 0 Å². The highest BCUT2D eigenvalue weighted by atomic mass is 16.1.